The third-order valence-corrected chi connectivity index (χ3v) is 4.41. The lowest BCUT2D eigenvalue weighted by atomic mass is 9.89. The highest BCUT2D eigenvalue weighted by molar-refractivity contribution is 5.79. The number of amides is 1. The fourth-order valence-corrected chi connectivity index (χ4v) is 2.91. The maximum Gasteiger partial charge on any atom is 0.412 e. The number of alkyl halides is 6. The molecule has 2 nitrogen and oxygen atoms in total. The molecule has 8 heteroatoms. The summed E-state index contributed by atoms with van der Waals surface area (Å²) in [7, 11) is 0. The standard InChI is InChI=1S/C17H19F6NO/c1-2-3-14(11-4-5-11)15(25)24-9-10-6-12(16(18,19)20)8-13(7-10)17(21,22)23/h2,6-7,11-12,14H,1,3-5,8-9H2,(H,24,25). The van der Waals surface area contributed by atoms with Crippen molar-refractivity contribution in [3.05, 3.63) is 36.0 Å². The van der Waals surface area contributed by atoms with Crippen LogP contribution in [0.25, 0.3) is 0 Å². The number of hydrogen-bond acceptors (Lipinski definition) is 1. The van der Waals surface area contributed by atoms with Gasteiger partial charge in [-0.2, -0.15) is 26.3 Å². The van der Waals surface area contributed by atoms with Crippen LogP contribution < -0.4 is 5.32 Å². The molecule has 25 heavy (non-hydrogen) atoms. The summed E-state index contributed by atoms with van der Waals surface area (Å²) in [5, 5.41) is 2.47. The van der Waals surface area contributed by atoms with Crippen molar-refractivity contribution >= 4 is 5.91 Å². The lowest BCUT2D eigenvalue weighted by molar-refractivity contribution is -0.166. The largest absolute Gasteiger partial charge is 0.412 e. The predicted molar refractivity (Wildman–Crippen MR) is 80.4 cm³/mol. The Morgan fingerprint density at radius 3 is 2.40 bits per heavy atom. The van der Waals surface area contributed by atoms with E-state index in [1.165, 1.54) is 0 Å². The summed E-state index contributed by atoms with van der Waals surface area (Å²) in [6.07, 6.45) is -5.46. The molecule has 0 spiro atoms. The van der Waals surface area contributed by atoms with Gasteiger partial charge in [0.2, 0.25) is 5.91 Å². The summed E-state index contributed by atoms with van der Waals surface area (Å²) in [6, 6.07) is 0. The summed E-state index contributed by atoms with van der Waals surface area (Å²) >= 11 is 0. The number of hydrogen-bond donors (Lipinski definition) is 1. The van der Waals surface area contributed by atoms with Crippen molar-refractivity contribution < 1.29 is 31.1 Å². The molecule has 0 aromatic rings. The van der Waals surface area contributed by atoms with E-state index in [2.05, 4.69) is 11.9 Å². The second-order valence-electron chi connectivity index (χ2n) is 6.45. The third-order valence-electron chi connectivity index (χ3n) is 4.41. The first-order valence-corrected chi connectivity index (χ1v) is 7.96. The van der Waals surface area contributed by atoms with Gasteiger partial charge >= 0.3 is 12.4 Å². The van der Waals surface area contributed by atoms with E-state index in [1.54, 1.807) is 6.08 Å². The summed E-state index contributed by atoms with van der Waals surface area (Å²) in [5.41, 5.74) is -1.41. The van der Waals surface area contributed by atoms with Gasteiger partial charge in [0.25, 0.3) is 0 Å². The molecule has 2 rings (SSSR count). The molecule has 2 aliphatic carbocycles. The van der Waals surface area contributed by atoms with E-state index in [4.69, 9.17) is 0 Å². The molecule has 1 fully saturated rings. The SMILES string of the molecule is C=CCC(C(=O)NCC1=CC(C(F)(F)F)CC(C(F)(F)F)=C1)C1CC1. The number of allylic oxidation sites excluding steroid dienone is 3. The van der Waals surface area contributed by atoms with E-state index < -0.39 is 30.3 Å². The van der Waals surface area contributed by atoms with Gasteiger partial charge < -0.3 is 5.32 Å². The van der Waals surface area contributed by atoms with E-state index >= 15 is 0 Å². The van der Waals surface area contributed by atoms with Gasteiger partial charge in [-0.25, -0.2) is 0 Å². The van der Waals surface area contributed by atoms with Gasteiger partial charge in [0.1, 0.15) is 0 Å². The Hall–Kier alpha value is -1.73. The van der Waals surface area contributed by atoms with E-state index in [0.29, 0.717) is 12.5 Å². The van der Waals surface area contributed by atoms with Crippen LogP contribution in [-0.2, 0) is 4.79 Å². The zero-order valence-electron chi connectivity index (χ0n) is 13.4. The van der Waals surface area contributed by atoms with Gasteiger partial charge in [0.05, 0.1) is 5.92 Å². The summed E-state index contributed by atoms with van der Waals surface area (Å²) in [4.78, 5) is 12.2. The van der Waals surface area contributed by atoms with Crippen LogP contribution in [-0.4, -0.2) is 24.8 Å². The Bertz CT molecular complexity index is 583. The number of carbonyl (C=O) groups excluding carboxylic acids is 1. The molecule has 0 radical (unpaired) electrons. The Morgan fingerprint density at radius 2 is 1.92 bits per heavy atom. The Kier molecular flexibility index (Phi) is 5.68. The highest BCUT2D eigenvalue weighted by atomic mass is 19.4. The van der Waals surface area contributed by atoms with Crippen LogP contribution >= 0.6 is 0 Å². The molecular weight excluding hydrogens is 348 g/mol. The predicted octanol–water partition coefficient (Wildman–Crippen LogP) is 4.70. The average Bonchev–Trinajstić information content (AvgIpc) is 3.33. The highest BCUT2D eigenvalue weighted by Gasteiger charge is 2.45. The quantitative estimate of drug-likeness (QED) is 0.535. The fourth-order valence-electron chi connectivity index (χ4n) is 2.91. The zero-order chi connectivity index (χ0) is 18.8. The Morgan fingerprint density at radius 1 is 1.28 bits per heavy atom. The van der Waals surface area contributed by atoms with Gasteiger partial charge in [-0.1, -0.05) is 12.2 Å². The van der Waals surface area contributed by atoms with E-state index in [-0.39, 0.29) is 29.9 Å². The summed E-state index contributed by atoms with van der Waals surface area (Å²) in [5.74, 6) is -2.68. The van der Waals surface area contributed by atoms with Crippen molar-refractivity contribution in [3.8, 4) is 0 Å². The Labute approximate surface area is 141 Å². The first-order chi connectivity index (χ1) is 11.5. The van der Waals surface area contributed by atoms with Crippen molar-refractivity contribution in [1.29, 1.82) is 0 Å². The molecule has 1 saturated carbocycles. The minimum Gasteiger partial charge on any atom is -0.352 e. The van der Waals surface area contributed by atoms with Crippen LogP contribution in [0.4, 0.5) is 26.3 Å². The monoisotopic (exact) mass is 367 g/mol. The first kappa shape index (κ1) is 19.6. The molecule has 0 heterocycles. The van der Waals surface area contributed by atoms with Crippen LogP contribution in [0, 0.1) is 17.8 Å². The zero-order valence-corrected chi connectivity index (χ0v) is 13.4. The molecule has 1 amide bonds. The maximum atomic E-state index is 12.9. The molecule has 2 atom stereocenters. The summed E-state index contributed by atoms with van der Waals surface area (Å²) in [6.45, 7) is 3.21. The number of halogens is 6. The van der Waals surface area contributed by atoms with Crippen LogP contribution in [0.2, 0.25) is 0 Å². The van der Waals surface area contributed by atoms with Crippen LogP contribution in [0.15, 0.2) is 36.0 Å². The molecule has 140 valence electrons. The normalized spacial score (nSPS) is 22.7. The van der Waals surface area contributed by atoms with Gasteiger partial charge in [0, 0.05) is 18.0 Å². The molecule has 2 aliphatic rings. The number of carbonyl (C=O) groups is 1. The lowest BCUT2D eigenvalue weighted by Crippen LogP contribution is -2.34. The van der Waals surface area contributed by atoms with Gasteiger partial charge in [-0.05, 0) is 43.3 Å². The van der Waals surface area contributed by atoms with Gasteiger partial charge in [-0.15, -0.1) is 6.58 Å². The number of rotatable bonds is 6. The molecule has 0 aromatic heterocycles. The van der Waals surface area contributed by atoms with Crippen molar-refractivity contribution in [2.24, 2.45) is 17.8 Å². The lowest BCUT2D eigenvalue weighted by Gasteiger charge is -2.25. The first-order valence-electron chi connectivity index (χ1n) is 7.96. The van der Waals surface area contributed by atoms with Gasteiger partial charge in [-0.3, -0.25) is 4.79 Å². The second-order valence-corrected chi connectivity index (χ2v) is 6.45. The van der Waals surface area contributed by atoms with Crippen LogP contribution in [0.1, 0.15) is 25.7 Å². The number of nitrogens with one attached hydrogen (secondary N) is 1. The molecule has 0 aliphatic heterocycles. The van der Waals surface area contributed by atoms with E-state index in [1.807, 2.05) is 0 Å². The maximum absolute atomic E-state index is 12.9. The topological polar surface area (TPSA) is 29.1 Å². The van der Waals surface area contributed by atoms with Crippen molar-refractivity contribution in [1.82, 2.24) is 5.32 Å². The molecule has 0 bridgehead atoms. The minimum atomic E-state index is -4.83. The van der Waals surface area contributed by atoms with Crippen LogP contribution in [0.3, 0.4) is 0 Å². The highest BCUT2D eigenvalue weighted by Crippen LogP contribution is 2.42. The van der Waals surface area contributed by atoms with E-state index in [9.17, 15) is 31.1 Å². The van der Waals surface area contributed by atoms with Crippen LogP contribution in [0.5, 0.6) is 0 Å². The summed E-state index contributed by atoms with van der Waals surface area (Å²) < 4.78 is 77.2. The van der Waals surface area contributed by atoms with Crippen molar-refractivity contribution in [2.45, 2.75) is 38.0 Å². The third kappa shape index (κ3) is 5.37. The molecular formula is C17H19F6NO. The second kappa shape index (κ2) is 7.25. The molecule has 2 unspecified atom stereocenters. The van der Waals surface area contributed by atoms with Crippen molar-refractivity contribution in [3.63, 3.8) is 0 Å². The molecule has 1 N–H and O–H groups in total. The van der Waals surface area contributed by atoms with Gasteiger partial charge in [0.15, 0.2) is 0 Å². The van der Waals surface area contributed by atoms with E-state index in [0.717, 1.165) is 18.9 Å². The molecule has 0 saturated heterocycles. The smallest absolute Gasteiger partial charge is 0.352 e. The molecule has 0 aromatic carbocycles. The Balaban J connectivity index is 2.09. The minimum absolute atomic E-state index is 0.178. The fraction of sp³-hybridized carbons (Fsp3) is 0.588. The van der Waals surface area contributed by atoms with Crippen molar-refractivity contribution in [2.75, 3.05) is 6.54 Å². The average molecular weight is 367 g/mol.